The molecule has 1 N–H and O–H groups in total. The van der Waals surface area contributed by atoms with Crippen LogP contribution in [-0.2, 0) is 10.0 Å². The van der Waals surface area contributed by atoms with Crippen LogP contribution in [0.1, 0.15) is 28.8 Å². The minimum absolute atomic E-state index is 0.170. The van der Waals surface area contributed by atoms with E-state index in [0.717, 1.165) is 29.2 Å². The molecule has 5 nitrogen and oxygen atoms in total. The van der Waals surface area contributed by atoms with Gasteiger partial charge in [-0.15, -0.1) is 0 Å². The summed E-state index contributed by atoms with van der Waals surface area (Å²) in [5.74, 6) is -0.314. The topological polar surface area (TPSA) is 66.5 Å². The first-order valence-electron chi connectivity index (χ1n) is 9.36. The van der Waals surface area contributed by atoms with Gasteiger partial charge in [0.15, 0.2) is 0 Å². The maximum Gasteiger partial charge on any atom is 0.255 e. The van der Waals surface area contributed by atoms with E-state index in [1.165, 1.54) is 10.4 Å². The quantitative estimate of drug-likeness (QED) is 0.722. The van der Waals surface area contributed by atoms with Gasteiger partial charge >= 0.3 is 0 Å². The molecule has 0 atom stereocenters. The fourth-order valence-electron chi connectivity index (χ4n) is 3.55. The van der Waals surface area contributed by atoms with Crippen molar-refractivity contribution in [2.75, 3.05) is 18.4 Å². The minimum atomic E-state index is -3.56. The normalized spacial score (nSPS) is 15.0. The molecule has 0 spiro atoms. The number of sulfonamides is 1. The van der Waals surface area contributed by atoms with E-state index in [9.17, 15) is 13.2 Å². The summed E-state index contributed by atoms with van der Waals surface area (Å²) >= 11 is 0. The Morgan fingerprint density at radius 3 is 2.39 bits per heavy atom. The summed E-state index contributed by atoms with van der Waals surface area (Å²) in [4.78, 5) is 13.0. The first kappa shape index (κ1) is 18.7. The molecule has 0 radical (unpaired) electrons. The Morgan fingerprint density at radius 2 is 1.64 bits per heavy atom. The number of fused-ring (bicyclic) bond motifs is 1. The molecule has 1 aliphatic rings. The van der Waals surface area contributed by atoms with E-state index in [-0.39, 0.29) is 10.8 Å². The molecule has 1 heterocycles. The van der Waals surface area contributed by atoms with Gasteiger partial charge in [0, 0.05) is 24.3 Å². The van der Waals surface area contributed by atoms with Crippen LogP contribution in [0, 0.1) is 6.92 Å². The lowest BCUT2D eigenvalue weighted by molar-refractivity contribution is 0.102. The van der Waals surface area contributed by atoms with E-state index in [1.807, 2.05) is 49.4 Å². The number of hydrogen-bond donors (Lipinski definition) is 1. The molecule has 1 aliphatic heterocycles. The van der Waals surface area contributed by atoms with Gasteiger partial charge in [-0.25, -0.2) is 8.42 Å². The fraction of sp³-hybridized carbons (Fsp3) is 0.227. The van der Waals surface area contributed by atoms with Crippen LogP contribution in [-0.4, -0.2) is 31.7 Å². The zero-order valence-corrected chi connectivity index (χ0v) is 16.5. The minimum Gasteiger partial charge on any atom is -0.322 e. The van der Waals surface area contributed by atoms with Gasteiger partial charge in [-0.05, 0) is 60.4 Å². The zero-order chi connectivity index (χ0) is 19.7. The summed E-state index contributed by atoms with van der Waals surface area (Å²) in [6.45, 7) is 2.88. The van der Waals surface area contributed by atoms with Gasteiger partial charge in [0.2, 0.25) is 10.0 Å². The molecule has 0 aliphatic carbocycles. The van der Waals surface area contributed by atoms with Gasteiger partial charge < -0.3 is 5.32 Å². The van der Waals surface area contributed by atoms with Crippen LogP contribution in [0.5, 0.6) is 0 Å². The molecule has 1 saturated heterocycles. The fourth-order valence-corrected chi connectivity index (χ4v) is 5.09. The summed E-state index contributed by atoms with van der Waals surface area (Å²) in [5.41, 5.74) is 1.78. The molecular formula is C22H22N2O3S. The first-order valence-corrected chi connectivity index (χ1v) is 10.8. The highest BCUT2D eigenvalue weighted by Gasteiger charge is 2.28. The van der Waals surface area contributed by atoms with Crippen molar-refractivity contribution < 1.29 is 13.2 Å². The van der Waals surface area contributed by atoms with Crippen molar-refractivity contribution in [1.29, 1.82) is 0 Å². The standard InChI is InChI=1S/C22H22N2O3S/c1-16-8-11-20(28(26,27)24-12-4-5-13-24)15-21(16)22(25)23-19-10-9-17-6-2-3-7-18(17)14-19/h2-3,6-11,14-15H,4-5,12-13H2,1H3,(H,23,25). The Bertz CT molecular complexity index is 1150. The zero-order valence-electron chi connectivity index (χ0n) is 15.7. The largest absolute Gasteiger partial charge is 0.322 e. The Morgan fingerprint density at radius 1 is 0.929 bits per heavy atom. The number of amides is 1. The number of nitrogens with zero attached hydrogens (tertiary/aromatic N) is 1. The Hall–Kier alpha value is -2.70. The summed E-state index contributed by atoms with van der Waals surface area (Å²) in [5, 5.41) is 5.01. The van der Waals surface area contributed by atoms with Gasteiger partial charge in [0.05, 0.1) is 4.90 Å². The van der Waals surface area contributed by atoms with E-state index in [2.05, 4.69) is 5.32 Å². The molecule has 0 bridgehead atoms. The molecule has 1 fully saturated rings. The molecule has 28 heavy (non-hydrogen) atoms. The lowest BCUT2D eigenvalue weighted by atomic mass is 10.1. The van der Waals surface area contributed by atoms with Crippen molar-refractivity contribution >= 4 is 32.4 Å². The molecule has 1 amide bonds. The third kappa shape index (κ3) is 3.53. The monoisotopic (exact) mass is 394 g/mol. The molecule has 0 unspecified atom stereocenters. The van der Waals surface area contributed by atoms with Crippen molar-refractivity contribution in [2.24, 2.45) is 0 Å². The second-order valence-electron chi connectivity index (χ2n) is 7.10. The van der Waals surface area contributed by atoms with Gasteiger partial charge in [-0.1, -0.05) is 36.4 Å². The van der Waals surface area contributed by atoms with Crippen LogP contribution >= 0.6 is 0 Å². The van der Waals surface area contributed by atoms with Gasteiger partial charge in [-0.3, -0.25) is 4.79 Å². The number of nitrogens with one attached hydrogen (secondary N) is 1. The summed E-state index contributed by atoms with van der Waals surface area (Å²) in [6.07, 6.45) is 1.75. The van der Waals surface area contributed by atoms with E-state index < -0.39 is 10.0 Å². The molecule has 0 saturated carbocycles. The molecule has 0 aromatic heterocycles. The van der Waals surface area contributed by atoms with Crippen molar-refractivity contribution in [3.8, 4) is 0 Å². The molecular weight excluding hydrogens is 372 g/mol. The predicted octanol–water partition coefficient (Wildman–Crippen LogP) is 4.19. The lowest BCUT2D eigenvalue weighted by Gasteiger charge is -2.17. The van der Waals surface area contributed by atoms with Crippen LogP contribution in [0.3, 0.4) is 0 Å². The Kier molecular flexibility index (Phi) is 4.91. The number of anilines is 1. The molecule has 6 heteroatoms. The highest BCUT2D eigenvalue weighted by molar-refractivity contribution is 7.89. The summed E-state index contributed by atoms with van der Waals surface area (Å²) in [6, 6.07) is 18.4. The third-order valence-corrected chi connectivity index (χ3v) is 7.06. The highest BCUT2D eigenvalue weighted by Crippen LogP contribution is 2.24. The number of aryl methyl sites for hydroxylation is 1. The highest BCUT2D eigenvalue weighted by atomic mass is 32.2. The first-order chi connectivity index (χ1) is 13.4. The van der Waals surface area contributed by atoms with E-state index in [1.54, 1.807) is 12.1 Å². The lowest BCUT2D eigenvalue weighted by Crippen LogP contribution is -2.28. The number of rotatable bonds is 4. The second-order valence-corrected chi connectivity index (χ2v) is 9.04. The Labute approximate surface area is 165 Å². The smallest absolute Gasteiger partial charge is 0.255 e. The number of carbonyl (C=O) groups is 1. The summed E-state index contributed by atoms with van der Waals surface area (Å²) in [7, 11) is -3.56. The maximum absolute atomic E-state index is 12.9. The number of benzene rings is 3. The van der Waals surface area contributed by atoms with Crippen LogP contribution in [0.2, 0.25) is 0 Å². The SMILES string of the molecule is Cc1ccc(S(=O)(=O)N2CCCC2)cc1C(=O)Nc1ccc2ccccc2c1. The predicted molar refractivity (Wildman–Crippen MR) is 111 cm³/mol. The van der Waals surface area contributed by atoms with Crippen LogP contribution in [0.25, 0.3) is 10.8 Å². The van der Waals surface area contributed by atoms with E-state index >= 15 is 0 Å². The molecule has 3 aromatic carbocycles. The van der Waals surface area contributed by atoms with Crippen molar-refractivity contribution in [3.05, 3.63) is 71.8 Å². The third-order valence-electron chi connectivity index (χ3n) is 5.16. The van der Waals surface area contributed by atoms with Gasteiger partial charge in [-0.2, -0.15) is 4.31 Å². The Balaban J connectivity index is 1.63. The van der Waals surface area contributed by atoms with Gasteiger partial charge in [0.25, 0.3) is 5.91 Å². The molecule has 4 rings (SSSR count). The average Bonchev–Trinajstić information content (AvgIpc) is 3.24. The summed E-state index contributed by atoms with van der Waals surface area (Å²) < 4.78 is 27.1. The molecule has 144 valence electrons. The van der Waals surface area contributed by atoms with Crippen molar-refractivity contribution in [2.45, 2.75) is 24.7 Å². The van der Waals surface area contributed by atoms with Crippen molar-refractivity contribution in [1.82, 2.24) is 4.31 Å². The number of hydrogen-bond acceptors (Lipinski definition) is 3. The average molecular weight is 394 g/mol. The molecule has 3 aromatic rings. The van der Waals surface area contributed by atoms with E-state index in [4.69, 9.17) is 0 Å². The number of carbonyl (C=O) groups excluding carboxylic acids is 1. The van der Waals surface area contributed by atoms with E-state index in [0.29, 0.717) is 24.3 Å². The van der Waals surface area contributed by atoms with Gasteiger partial charge in [0.1, 0.15) is 0 Å². The maximum atomic E-state index is 12.9. The van der Waals surface area contributed by atoms with Crippen LogP contribution < -0.4 is 5.32 Å². The van der Waals surface area contributed by atoms with Crippen molar-refractivity contribution in [3.63, 3.8) is 0 Å². The second kappa shape index (κ2) is 7.37. The van der Waals surface area contributed by atoms with Crippen LogP contribution in [0.15, 0.2) is 65.6 Å². The van der Waals surface area contributed by atoms with Crippen LogP contribution in [0.4, 0.5) is 5.69 Å².